The van der Waals surface area contributed by atoms with Crippen LogP contribution in [-0.2, 0) is 10.2 Å². The fraction of sp³-hybridized carbons (Fsp3) is 0.222. The molecule has 0 aliphatic rings. The third-order valence-corrected chi connectivity index (χ3v) is 4.60. The highest BCUT2D eigenvalue weighted by Crippen LogP contribution is 2.28. The second-order valence-corrected chi connectivity index (χ2v) is 8.27. The van der Waals surface area contributed by atoms with E-state index in [1.807, 2.05) is 30.4 Å². The molecule has 0 heterocycles. The molecule has 0 aromatic heterocycles. The van der Waals surface area contributed by atoms with Crippen molar-refractivity contribution in [2.45, 2.75) is 40.0 Å². The molecule has 2 heteroatoms. The first-order valence-electron chi connectivity index (χ1n) is 9.80. The molecule has 0 saturated carbocycles. The average molecular weight is 387 g/mol. The standard InChI is InChI=1S/C27H30O2/c1-20(16-26(28)29)10-9-11-21(2)24-17-23(18-25(19-24)27(3,4)5)15-14-22-12-7-6-8-13-22/h6-19H,1-5H3,(H,28,29)/b10-9+,15-14?,20-16+,21-11-. The number of hydrogen-bond acceptors (Lipinski definition) is 1. The van der Waals surface area contributed by atoms with Crippen molar-refractivity contribution in [1.29, 1.82) is 0 Å². The van der Waals surface area contributed by atoms with Crippen LogP contribution in [0.3, 0.4) is 0 Å². The van der Waals surface area contributed by atoms with Crippen molar-refractivity contribution in [1.82, 2.24) is 0 Å². The van der Waals surface area contributed by atoms with E-state index in [9.17, 15) is 4.79 Å². The van der Waals surface area contributed by atoms with Crippen LogP contribution in [0.1, 0.15) is 56.9 Å². The summed E-state index contributed by atoms with van der Waals surface area (Å²) in [5.74, 6) is -0.930. The van der Waals surface area contributed by atoms with Crippen LogP contribution in [0.4, 0.5) is 0 Å². The first-order valence-corrected chi connectivity index (χ1v) is 9.80. The minimum Gasteiger partial charge on any atom is -0.478 e. The van der Waals surface area contributed by atoms with E-state index in [1.165, 1.54) is 17.2 Å². The fourth-order valence-electron chi connectivity index (χ4n) is 2.85. The molecule has 0 saturated heterocycles. The molecule has 2 rings (SSSR count). The minimum atomic E-state index is -0.930. The van der Waals surface area contributed by atoms with Gasteiger partial charge in [-0.1, -0.05) is 93.6 Å². The Labute approximate surface area is 174 Å². The summed E-state index contributed by atoms with van der Waals surface area (Å²) in [7, 11) is 0. The van der Waals surface area contributed by atoms with E-state index >= 15 is 0 Å². The smallest absolute Gasteiger partial charge is 0.328 e. The van der Waals surface area contributed by atoms with Gasteiger partial charge in [0, 0.05) is 6.08 Å². The zero-order valence-electron chi connectivity index (χ0n) is 17.9. The second kappa shape index (κ2) is 9.88. The third-order valence-electron chi connectivity index (χ3n) is 4.60. The van der Waals surface area contributed by atoms with Crippen molar-refractivity contribution in [2.75, 3.05) is 0 Å². The quantitative estimate of drug-likeness (QED) is 0.325. The summed E-state index contributed by atoms with van der Waals surface area (Å²) in [4.78, 5) is 10.7. The van der Waals surface area contributed by atoms with Gasteiger partial charge in [-0.05, 0) is 58.7 Å². The van der Waals surface area contributed by atoms with Gasteiger partial charge >= 0.3 is 5.97 Å². The van der Waals surface area contributed by atoms with Crippen LogP contribution in [0.25, 0.3) is 17.7 Å². The van der Waals surface area contributed by atoms with Crippen LogP contribution in [-0.4, -0.2) is 11.1 Å². The van der Waals surface area contributed by atoms with Crippen LogP contribution >= 0.6 is 0 Å². The molecule has 2 nitrogen and oxygen atoms in total. The van der Waals surface area contributed by atoms with E-state index in [0.717, 1.165) is 16.7 Å². The summed E-state index contributed by atoms with van der Waals surface area (Å²) in [6.45, 7) is 10.5. The molecule has 0 amide bonds. The predicted octanol–water partition coefficient (Wildman–Crippen LogP) is 7.14. The molecule has 0 radical (unpaired) electrons. The Kier molecular flexibility index (Phi) is 7.55. The van der Waals surface area contributed by atoms with Crippen molar-refractivity contribution in [2.24, 2.45) is 0 Å². The Balaban J connectivity index is 2.37. The molecule has 0 atom stereocenters. The third kappa shape index (κ3) is 7.42. The van der Waals surface area contributed by atoms with E-state index in [4.69, 9.17) is 5.11 Å². The molecule has 2 aromatic rings. The van der Waals surface area contributed by atoms with Gasteiger partial charge in [-0.25, -0.2) is 4.79 Å². The lowest BCUT2D eigenvalue weighted by Crippen LogP contribution is -2.11. The summed E-state index contributed by atoms with van der Waals surface area (Å²) in [6, 6.07) is 16.9. The Morgan fingerprint density at radius 1 is 0.931 bits per heavy atom. The number of carbonyl (C=O) groups is 1. The molecule has 0 spiro atoms. The van der Waals surface area contributed by atoms with E-state index in [0.29, 0.717) is 5.57 Å². The summed E-state index contributed by atoms with van der Waals surface area (Å²) in [6.07, 6.45) is 11.2. The minimum absolute atomic E-state index is 0.0439. The van der Waals surface area contributed by atoms with Gasteiger partial charge in [-0.2, -0.15) is 0 Å². The Bertz CT molecular complexity index is 965. The fourth-order valence-corrected chi connectivity index (χ4v) is 2.85. The van der Waals surface area contributed by atoms with Crippen LogP contribution < -0.4 is 0 Å². The monoisotopic (exact) mass is 386 g/mol. The molecular weight excluding hydrogens is 356 g/mol. The summed E-state index contributed by atoms with van der Waals surface area (Å²) in [5, 5.41) is 8.81. The molecule has 150 valence electrons. The number of benzene rings is 2. The van der Waals surface area contributed by atoms with Gasteiger partial charge in [0.2, 0.25) is 0 Å². The Morgan fingerprint density at radius 3 is 2.21 bits per heavy atom. The average Bonchev–Trinajstić information content (AvgIpc) is 2.65. The number of allylic oxidation sites excluding steroid dienone is 5. The Hall–Kier alpha value is -3.13. The molecule has 0 unspecified atom stereocenters. The molecule has 0 fully saturated rings. The zero-order chi connectivity index (χ0) is 21.4. The van der Waals surface area contributed by atoms with Gasteiger partial charge < -0.3 is 5.11 Å². The highest BCUT2D eigenvalue weighted by molar-refractivity contribution is 5.81. The lowest BCUT2D eigenvalue weighted by Gasteiger charge is -2.21. The van der Waals surface area contributed by atoms with Crippen LogP contribution in [0.5, 0.6) is 0 Å². The van der Waals surface area contributed by atoms with Crippen molar-refractivity contribution in [3.8, 4) is 0 Å². The first kappa shape index (κ1) is 22.2. The lowest BCUT2D eigenvalue weighted by atomic mass is 9.84. The molecule has 1 N–H and O–H groups in total. The lowest BCUT2D eigenvalue weighted by molar-refractivity contribution is -0.131. The predicted molar refractivity (Wildman–Crippen MR) is 125 cm³/mol. The maximum atomic E-state index is 10.7. The number of hydrogen-bond donors (Lipinski definition) is 1. The van der Waals surface area contributed by atoms with Gasteiger partial charge in [0.05, 0.1) is 0 Å². The summed E-state index contributed by atoms with van der Waals surface area (Å²) >= 11 is 0. The molecule has 0 bridgehead atoms. The molecular formula is C27H30O2. The maximum Gasteiger partial charge on any atom is 0.328 e. The molecule has 29 heavy (non-hydrogen) atoms. The topological polar surface area (TPSA) is 37.3 Å². The van der Waals surface area contributed by atoms with Gasteiger partial charge in [0.25, 0.3) is 0 Å². The maximum absolute atomic E-state index is 10.7. The second-order valence-electron chi connectivity index (χ2n) is 8.27. The van der Waals surface area contributed by atoms with Gasteiger partial charge in [0.15, 0.2) is 0 Å². The summed E-state index contributed by atoms with van der Waals surface area (Å²) < 4.78 is 0. The van der Waals surface area contributed by atoms with E-state index in [2.05, 4.69) is 70.2 Å². The van der Waals surface area contributed by atoms with E-state index in [-0.39, 0.29) is 5.41 Å². The SMILES string of the molecule is C/C(=C/C=C/C(C)=C/C(=O)O)c1cc(C=Cc2ccccc2)cc(C(C)(C)C)c1. The summed E-state index contributed by atoms with van der Waals surface area (Å²) in [5.41, 5.74) is 6.65. The van der Waals surface area contributed by atoms with Crippen LogP contribution in [0.15, 0.2) is 78.4 Å². The van der Waals surface area contributed by atoms with E-state index < -0.39 is 5.97 Å². The van der Waals surface area contributed by atoms with Gasteiger partial charge in [-0.15, -0.1) is 0 Å². The number of rotatable bonds is 6. The van der Waals surface area contributed by atoms with Crippen molar-refractivity contribution in [3.63, 3.8) is 0 Å². The van der Waals surface area contributed by atoms with E-state index in [1.54, 1.807) is 13.0 Å². The van der Waals surface area contributed by atoms with Crippen LogP contribution in [0, 0.1) is 0 Å². The molecule has 0 aliphatic carbocycles. The highest BCUT2D eigenvalue weighted by Gasteiger charge is 2.15. The molecule has 0 aliphatic heterocycles. The zero-order valence-corrected chi connectivity index (χ0v) is 17.9. The van der Waals surface area contributed by atoms with Gasteiger partial charge in [0.1, 0.15) is 0 Å². The Morgan fingerprint density at radius 2 is 1.59 bits per heavy atom. The number of aliphatic carboxylic acids is 1. The van der Waals surface area contributed by atoms with Crippen LogP contribution in [0.2, 0.25) is 0 Å². The van der Waals surface area contributed by atoms with Crippen molar-refractivity contribution < 1.29 is 9.90 Å². The van der Waals surface area contributed by atoms with Crippen molar-refractivity contribution in [3.05, 3.63) is 101 Å². The number of carboxylic acids is 1. The van der Waals surface area contributed by atoms with Crippen molar-refractivity contribution >= 4 is 23.7 Å². The largest absolute Gasteiger partial charge is 0.478 e. The first-order chi connectivity index (χ1) is 13.6. The molecule has 2 aromatic carbocycles. The van der Waals surface area contributed by atoms with Gasteiger partial charge in [-0.3, -0.25) is 0 Å². The normalized spacial score (nSPS) is 13.4. The number of carboxylic acid groups (broad SMARTS) is 1. The highest BCUT2D eigenvalue weighted by atomic mass is 16.4.